The lowest BCUT2D eigenvalue weighted by atomic mass is 10.1. The molecule has 0 aromatic rings. The van der Waals surface area contributed by atoms with Crippen LogP contribution in [-0.2, 0) is 0 Å². The van der Waals surface area contributed by atoms with Crippen LogP contribution in [0.15, 0.2) is 12.2 Å². The van der Waals surface area contributed by atoms with Crippen LogP contribution in [0.4, 0.5) is 0 Å². The van der Waals surface area contributed by atoms with Crippen molar-refractivity contribution in [1.82, 2.24) is 0 Å². The molecular formula is C14H25N. The van der Waals surface area contributed by atoms with Crippen molar-refractivity contribution in [3.63, 3.8) is 0 Å². The summed E-state index contributed by atoms with van der Waals surface area (Å²) in [6.07, 6.45) is 16.8. The molecule has 0 saturated carbocycles. The van der Waals surface area contributed by atoms with Gasteiger partial charge in [0.05, 0.1) is 6.07 Å². The maximum atomic E-state index is 8.33. The highest BCUT2D eigenvalue weighted by Gasteiger charge is 1.89. The SMILES string of the molecule is CCCCCCCCC/C=C/CCC#N. The van der Waals surface area contributed by atoms with E-state index in [0.717, 1.165) is 6.42 Å². The predicted octanol–water partition coefficient (Wildman–Crippen LogP) is 4.99. The number of unbranched alkanes of at least 4 members (excludes halogenated alkanes) is 8. The van der Waals surface area contributed by atoms with Crippen LogP contribution in [0.25, 0.3) is 0 Å². The van der Waals surface area contributed by atoms with Crippen molar-refractivity contribution in [3.8, 4) is 6.07 Å². The normalized spacial score (nSPS) is 10.7. The predicted molar refractivity (Wildman–Crippen MR) is 66.6 cm³/mol. The van der Waals surface area contributed by atoms with Gasteiger partial charge in [-0.2, -0.15) is 5.26 Å². The van der Waals surface area contributed by atoms with Crippen LogP contribution in [0, 0.1) is 11.3 Å². The second kappa shape index (κ2) is 13.2. The summed E-state index contributed by atoms with van der Waals surface area (Å²) in [6.45, 7) is 2.26. The Labute approximate surface area is 95.2 Å². The molecule has 0 atom stereocenters. The number of rotatable bonds is 10. The minimum atomic E-state index is 0.660. The third-order valence-electron chi connectivity index (χ3n) is 2.56. The van der Waals surface area contributed by atoms with Crippen LogP contribution in [0.3, 0.4) is 0 Å². The van der Waals surface area contributed by atoms with E-state index in [1.807, 2.05) is 0 Å². The zero-order valence-electron chi connectivity index (χ0n) is 10.2. The van der Waals surface area contributed by atoms with E-state index >= 15 is 0 Å². The highest BCUT2D eigenvalue weighted by Crippen LogP contribution is 2.08. The maximum Gasteiger partial charge on any atom is 0.0624 e. The quantitative estimate of drug-likeness (QED) is 0.366. The fraction of sp³-hybridized carbons (Fsp3) is 0.786. The van der Waals surface area contributed by atoms with Gasteiger partial charge >= 0.3 is 0 Å². The first-order valence-corrected chi connectivity index (χ1v) is 6.43. The summed E-state index contributed by atoms with van der Waals surface area (Å²) in [5.41, 5.74) is 0. The van der Waals surface area contributed by atoms with Crippen molar-refractivity contribution in [2.24, 2.45) is 0 Å². The van der Waals surface area contributed by atoms with E-state index in [9.17, 15) is 0 Å². The van der Waals surface area contributed by atoms with Gasteiger partial charge in [-0.05, 0) is 19.3 Å². The Morgan fingerprint density at radius 1 is 0.867 bits per heavy atom. The van der Waals surface area contributed by atoms with Gasteiger partial charge < -0.3 is 0 Å². The van der Waals surface area contributed by atoms with Gasteiger partial charge in [-0.15, -0.1) is 0 Å². The largest absolute Gasteiger partial charge is 0.198 e. The molecule has 1 heteroatoms. The van der Waals surface area contributed by atoms with E-state index in [1.54, 1.807) is 0 Å². The molecule has 0 heterocycles. The topological polar surface area (TPSA) is 23.8 Å². The molecular weight excluding hydrogens is 182 g/mol. The zero-order valence-corrected chi connectivity index (χ0v) is 10.2. The third kappa shape index (κ3) is 13.2. The van der Waals surface area contributed by atoms with E-state index in [-0.39, 0.29) is 0 Å². The standard InChI is InChI=1S/C14H25N/c1-2-3-4-5-6-7-8-9-10-11-12-13-14-15/h10-11H,2-9,12-13H2,1H3/b11-10+. The van der Waals surface area contributed by atoms with Crippen molar-refractivity contribution in [3.05, 3.63) is 12.2 Å². The van der Waals surface area contributed by atoms with Gasteiger partial charge in [0.1, 0.15) is 0 Å². The first-order chi connectivity index (χ1) is 7.41. The molecule has 0 aliphatic carbocycles. The molecule has 0 spiro atoms. The summed E-state index contributed by atoms with van der Waals surface area (Å²) < 4.78 is 0. The molecule has 0 saturated heterocycles. The highest BCUT2D eigenvalue weighted by atomic mass is 14.2. The second-order valence-electron chi connectivity index (χ2n) is 4.08. The molecule has 0 N–H and O–H groups in total. The smallest absolute Gasteiger partial charge is 0.0624 e. The van der Waals surface area contributed by atoms with Crippen LogP contribution in [0.5, 0.6) is 0 Å². The molecule has 15 heavy (non-hydrogen) atoms. The first kappa shape index (κ1) is 14.2. The summed E-state index contributed by atoms with van der Waals surface area (Å²) in [7, 11) is 0. The lowest BCUT2D eigenvalue weighted by Crippen LogP contribution is -1.78. The fourth-order valence-corrected chi connectivity index (χ4v) is 1.60. The highest BCUT2D eigenvalue weighted by molar-refractivity contribution is 4.85. The van der Waals surface area contributed by atoms with E-state index in [0.29, 0.717) is 6.42 Å². The molecule has 0 aliphatic heterocycles. The van der Waals surface area contributed by atoms with Crippen LogP contribution >= 0.6 is 0 Å². The first-order valence-electron chi connectivity index (χ1n) is 6.43. The second-order valence-corrected chi connectivity index (χ2v) is 4.08. The van der Waals surface area contributed by atoms with Crippen molar-refractivity contribution in [2.45, 2.75) is 71.1 Å². The van der Waals surface area contributed by atoms with Gasteiger partial charge in [0.2, 0.25) is 0 Å². The van der Waals surface area contributed by atoms with Gasteiger partial charge in [0.25, 0.3) is 0 Å². The summed E-state index contributed by atoms with van der Waals surface area (Å²) >= 11 is 0. The number of allylic oxidation sites excluding steroid dienone is 2. The third-order valence-corrected chi connectivity index (χ3v) is 2.56. The minimum Gasteiger partial charge on any atom is -0.198 e. The molecule has 86 valence electrons. The Bertz CT molecular complexity index is 176. The molecule has 0 unspecified atom stereocenters. The molecule has 0 fully saturated rings. The number of nitriles is 1. The Hall–Kier alpha value is -0.770. The number of hydrogen-bond donors (Lipinski definition) is 0. The molecule has 0 aliphatic rings. The number of hydrogen-bond acceptors (Lipinski definition) is 1. The Balaban J connectivity index is 2.98. The van der Waals surface area contributed by atoms with Gasteiger partial charge in [-0.3, -0.25) is 0 Å². The molecule has 1 nitrogen and oxygen atoms in total. The average Bonchev–Trinajstić information content (AvgIpc) is 2.26. The molecule has 0 aromatic heterocycles. The molecule has 0 aromatic carbocycles. The van der Waals surface area contributed by atoms with Gasteiger partial charge in [-0.1, -0.05) is 57.6 Å². The summed E-state index contributed by atoms with van der Waals surface area (Å²) in [5, 5.41) is 8.33. The van der Waals surface area contributed by atoms with E-state index < -0.39 is 0 Å². The van der Waals surface area contributed by atoms with Gasteiger partial charge in [0.15, 0.2) is 0 Å². The fourth-order valence-electron chi connectivity index (χ4n) is 1.60. The Morgan fingerprint density at radius 2 is 1.47 bits per heavy atom. The average molecular weight is 207 g/mol. The van der Waals surface area contributed by atoms with E-state index in [4.69, 9.17) is 5.26 Å². The molecule has 0 amide bonds. The van der Waals surface area contributed by atoms with Gasteiger partial charge in [-0.25, -0.2) is 0 Å². The molecule has 0 radical (unpaired) electrons. The van der Waals surface area contributed by atoms with E-state index in [1.165, 1.54) is 51.4 Å². The molecule has 0 bridgehead atoms. The van der Waals surface area contributed by atoms with Crippen LogP contribution < -0.4 is 0 Å². The zero-order chi connectivity index (χ0) is 11.2. The van der Waals surface area contributed by atoms with Crippen LogP contribution in [0.1, 0.15) is 71.1 Å². The van der Waals surface area contributed by atoms with E-state index in [2.05, 4.69) is 25.1 Å². The van der Waals surface area contributed by atoms with Gasteiger partial charge in [0, 0.05) is 6.42 Å². The van der Waals surface area contributed by atoms with Crippen molar-refractivity contribution >= 4 is 0 Å². The summed E-state index contributed by atoms with van der Waals surface area (Å²) in [4.78, 5) is 0. The van der Waals surface area contributed by atoms with Crippen molar-refractivity contribution < 1.29 is 0 Å². The summed E-state index contributed by atoms with van der Waals surface area (Å²) in [5.74, 6) is 0. The maximum absolute atomic E-state index is 8.33. The number of nitrogens with zero attached hydrogens (tertiary/aromatic N) is 1. The van der Waals surface area contributed by atoms with Crippen LogP contribution in [-0.4, -0.2) is 0 Å². The lowest BCUT2D eigenvalue weighted by molar-refractivity contribution is 0.592. The van der Waals surface area contributed by atoms with Crippen molar-refractivity contribution in [1.29, 1.82) is 5.26 Å². The molecule has 0 rings (SSSR count). The Kier molecular flexibility index (Phi) is 12.6. The minimum absolute atomic E-state index is 0.660. The Morgan fingerprint density at radius 3 is 2.13 bits per heavy atom. The monoisotopic (exact) mass is 207 g/mol. The van der Waals surface area contributed by atoms with Crippen LogP contribution in [0.2, 0.25) is 0 Å². The van der Waals surface area contributed by atoms with Crippen molar-refractivity contribution in [2.75, 3.05) is 0 Å². The summed E-state index contributed by atoms with van der Waals surface area (Å²) in [6, 6.07) is 2.15. The lowest BCUT2D eigenvalue weighted by Gasteiger charge is -1.98.